The van der Waals surface area contributed by atoms with Crippen molar-refractivity contribution in [3.8, 4) is 0 Å². The standard InChI is InChI=1S/C17H22N4O2S/c1-20-13-18-19-17(20)24-12-16(22)21-9-10-23-15(11-21)8-7-14-5-3-2-4-6-14/h2-6,13,15H,7-12H2,1H3. The van der Waals surface area contributed by atoms with Gasteiger partial charge in [0, 0.05) is 20.1 Å². The Bertz CT molecular complexity index is 662. The molecule has 1 unspecified atom stereocenters. The molecule has 0 aliphatic carbocycles. The van der Waals surface area contributed by atoms with Gasteiger partial charge in [0.25, 0.3) is 0 Å². The molecule has 1 fully saturated rings. The maximum Gasteiger partial charge on any atom is 0.233 e. The summed E-state index contributed by atoms with van der Waals surface area (Å²) in [5.41, 5.74) is 1.31. The number of amides is 1. The third-order valence-corrected chi connectivity index (χ3v) is 5.10. The highest BCUT2D eigenvalue weighted by molar-refractivity contribution is 7.99. The van der Waals surface area contributed by atoms with Gasteiger partial charge in [0.05, 0.1) is 18.5 Å². The van der Waals surface area contributed by atoms with Crippen LogP contribution in [0.2, 0.25) is 0 Å². The third kappa shape index (κ3) is 4.58. The van der Waals surface area contributed by atoms with Crippen molar-refractivity contribution in [3.05, 3.63) is 42.2 Å². The summed E-state index contributed by atoms with van der Waals surface area (Å²) in [5.74, 6) is 0.522. The molecule has 3 rings (SSSR count). The van der Waals surface area contributed by atoms with Gasteiger partial charge in [-0.25, -0.2) is 0 Å². The summed E-state index contributed by atoms with van der Waals surface area (Å²) in [5, 5.41) is 8.58. The van der Waals surface area contributed by atoms with Crippen LogP contribution in [0.3, 0.4) is 0 Å². The number of thioether (sulfide) groups is 1. The zero-order chi connectivity index (χ0) is 16.8. The summed E-state index contributed by atoms with van der Waals surface area (Å²) < 4.78 is 7.64. The molecule has 128 valence electrons. The Balaban J connectivity index is 1.46. The highest BCUT2D eigenvalue weighted by atomic mass is 32.2. The van der Waals surface area contributed by atoms with Gasteiger partial charge in [0.1, 0.15) is 6.33 Å². The molecule has 24 heavy (non-hydrogen) atoms. The third-order valence-electron chi connectivity index (χ3n) is 4.08. The molecule has 2 aromatic rings. The molecule has 0 bridgehead atoms. The fraction of sp³-hybridized carbons (Fsp3) is 0.471. The van der Waals surface area contributed by atoms with Crippen molar-refractivity contribution in [1.29, 1.82) is 0 Å². The number of ether oxygens (including phenoxy) is 1. The molecule has 1 aliphatic rings. The van der Waals surface area contributed by atoms with Gasteiger partial charge in [-0.3, -0.25) is 4.79 Å². The minimum absolute atomic E-state index is 0.114. The minimum atomic E-state index is 0.114. The second kappa shape index (κ2) is 8.30. The van der Waals surface area contributed by atoms with E-state index in [0.717, 1.165) is 18.0 Å². The number of benzene rings is 1. The molecule has 6 nitrogen and oxygen atoms in total. The largest absolute Gasteiger partial charge is 0.375 e. The van der Waals surface area contributed by atoms with E-state index in [2.05, 4.69) is 34.5 Å². The van der Waals surface area contributed by atoms with Crippen molar-refractivity contribution in [1.82, 2.24) is 19.7 Å². The molecule has 0 N–H and O–H groups in total. The van der Waals surface area contributed by atoms with E-state index in [1.165, 1.54) is 17.3 Å². The number of morpholine rings is 1. The molecular formula is C17H22N4O2S. The van der Waals surface area contributed by atoms with E-state index in [0.29, 0.717) is 25.4 Å². The first-order valence-electron chi connectivity index (χ1n) is 8.12. The fourth-order valence-corrected chi connectivity index (χ4v) is 3.50. The lowest BCUT2D eigenvalue weighted by Gasteiger charge is -2.33. The lowest BCUT2D eigenvalue weighted by atomic mass is 10.1. The Morgan fingerprint density at radius 2 is 2.21 bits per heavy atom. The quantitative estimate of drug-likeness (QED) is 0.746. The fourth-order valence-electron chi connectivity index (χ4n) is 2.71. The van der Waals surface area contributed by atoms with Crippen LogP contribution in [-0.2, 0) is 23.0 Å². The van der Waals surface area contributed by atoms with Crippen LogP contribution < -0.4 is 0 Å². The second-order valence-electron chi connectivity index (χ2n) is 5.87. The van der Waals surface area contributed by atoms with Gasteiger partial charge in [-0.2, -0.15) is 0 Å². The molecule has 0 saturated carbocycles. The number of carbonyl (C=O) groups excluding carboxylic acids is 1. The summed E-state index contributed by atoms with van der Waals surface area (Å²) in [6, 6.07) is 10.4. The summed E-state index contributed by atoms with van der Waals surface area (Å²) in [6.07, 6.45) is 3.66. The predicted octanol–water partition coefficient (Wildman–Crippen LogP) is 1.77. The number of aryl methyl sites for hydroxylation is 2. The molecule has 1 amide bonds. The maximum absolute atomic E-state index is 12.4. The highest BCUT2D eigenvalue weighted by Gasteiger charge is 2.24. The molecule has 0 radical (unpaired) electrons. The molecule has 1 aliphatic heterocycles. The summed E-state index contributed by atoms with van der Waals surface area (Å²) >= 11 is 1.42. The van der Waals surface area contributed by atoms with Gasteiger partial charge in [-0.15, -0.1) is 10.2 Å². The number of hydrogen-bond acceptors (Lipinski definition) is 5. The zero-order valence-electron chi connectivity index (χ0n) is 13.8. The first kappa shape index (κ1) is 17.0. The smallest absolute Gasteiger partial charge is 0.233 e. The van der Waals surface area contributed by atoms with Crippen molar-refractivity contribution >= 4 is 17.7 Å². The number of hydrogen-bond donors (Lipinski definition) is 0. The van der Waals surface area contributed by atoms with E-state index in [9.17, 15) is 4.79 Å². The molecular weight excluding hydrogens is 324 g/mol. The van der Waals surface area contributed by atoms with Crippen molar-refractivity contribution in [2.75, 3.05) is 25.4 Å². The van der Waals surface area contributed by atoms with Gasteiger partial charge < -0.3 is 14.2 Å². The van der Waals surface area contributed by atoms with Crippen LogP contribution in [0.5, 0.6) is 0 Å². The van der Waals surface area contributed by atoms with Crippen LogP contribution in [0.4, 0.5) is 0 Å². The Morgan fingerprint density at radius 1 is 1.38 bits per heavy atom. The van der Waals surface area contributed by atoms with E-state index in [1.54, 1.807) is 6.33 Å². The molecule has 2 heterocycles. The summed E-state index contributed by atoms with van der Waals surface area (Å²) in [7, 11) is 1.88. The van der Waals surface area contributed by atoms with Gasteiger partial charge in [0.2, 0.25) is 5.91 Å². The van der Waals surface area contributed by atoms with Crippen LogP contribution in [-0.4, -0.2) is 57.1 Å². The summed E-state index contributed by atoms with van der Waals surface area (Å²) in [6.45, 7) is 1.95. The van der Waals surface area contributed by atoms with E-state index < -0.39 is 0 Å². The Morgan fingerprint density at radius 3 is 2.96 bits per heavy atom. The normalized spacial score (nSPS) is 17.9. The Labute approximate surface area is 146 Å². The monoisotopic (exact) mass is 346 g/mol. The lowest BCUT2D eigenvalue weighted by Crippen LogP contribution is -2.46. The number of carbonyl (C=O) groups is 1. The van der Waals surface area contributed by atoms with Crippen LogP contribution in [0, 0.1) is 0 Å². The number of aromatic nitrogens is 3. The van der Waals surface area contributed by atoms with Crippen LogP contribution >= 0.6 is 11.8 Å². The predicted molar refractivity (Wildman–Crippen MR) is 92.8 cm³/mol. The zero-order valence-corrected chi connectivity index (χ0v) is 14.6. The maximum atomic E-state index is 12.4. The van der Waals surface area contributed by atoms with Gasteiger partial charge in [-0.05, 0) is 18.4 Å². The van der Waals surface area contributed by atoms with Crippen LogP contribution in [0.25, 0.3) is 0 Å². The van der Waals surface area contributed by atoms with Crippen molar-refractivity contribution < 1.29 is 9.53 Å². The van der Waals surface area contributed by atoms with E-state index in [4.69, 9.17) is 4.74 Å². The highest BCUT2D eigenvalue weighted by Crippen LogP contribution is 2.17. The first-order chi connectivity index (χ1) is 11.7. The SMILES string of the molecule is Cn1cnnc1SCC(=O)N1CCOC(CCc2ccccc2)C1. The van der Waals surface area contributed by atoms with Crippen molar-refractivity contribution in [2.24, 2.45) is 7.05 Å². The average Bonchev–Trinajstić information content (AvgIpc) is 3.04. The van der Waals surface area contributed by atoms with Gasteiger partial charge in [0.15, 0.2) is 5.16 Å². The van der Waals surface area contributed by atoms with E-state index in [1.807, 2.05) is 22.6 Å². The second-order valence-corrected chi connectivity index (χ2v) is 6.81. The average molecular weight is 346 g/mol. The topological polar surface area (TPSA) is 60.2 Å². The van der Waals surface area contributed by atoms with Crippen LogP contribution in [0.15, 0.2) is 41.8 Å². The van der Waals surface area contributed by atoms with E-state index in [-0.39, 0.29) is 12.0 Å². The molecule has 0 spiro atoms. The Hall–Kier alpha value is -1.86. The number of rotatable bonds is 6. The van der Waals surface area contributed by atoms with Gasteiger partial charge >= 0.3 is 0 Å². The molecule has 1 atom stereocenters. The Kier molecular flexibility index (Phi) is 5.87. The van der Waals surface area contributed by atoms with Crippen molar-refractivity contribution in [3.63, 3.8) is 0 Å². The number of nitrogens with zero attached hydrogens (tertiary/aromatic N) is 4. The van der Waals surface area contributed by atoms with E-state index >= 15 is 0 Å². The molecule has 7 heteroatoms. The van der Waals surface area contributed by atoms with Crippen LogP contribution in [0.1, 0.15) is 12.0 Å². The molecule has 1 saturated heterocycles. The minimum Gasteiger partial charge on any atom is -0.375 e. The summed E-state index contributed by atoms with van der Waals surface area (Å²) in [4.78, 5) is 14.3. The molecule has 1 aromatic carbocycles. The molecule has 1 aromatic heterocycles. The lowest BCUT2D eigenvalue weighted by molar-refractivity contribution is -0.136. The van der Waals surface area contributed by atoms with Gasteiger partial charge in [-0.1, -0.05) is 42.1 Å². The first-order valence-corrected chi connectivity index (χ1v) is 9.11. The van der Waals surface area contributed by atoms with Crippen molar-refractivity contribution in [2.45, 2.75) is 24.1 Å².